The maximum absolute atomic E-state index is 8.77. The maximum Gasteiger partial charge on any atom is 0.0793 e. The molecule has 1 aromatic carbocycles. The van der Waals surface area contributed by atoms with Gasteiger partial charge >= 0.3 is 0 Å². The van der Waals surface area contributed by atoms with Crippen molar-refractivity contribution in [1.82, 2.24) is 9.78 Å². The number of aromatic nitrogens is 2. The lowest BCUT2D eigenvalue weighted by Gasteiger charge is -2.06. The van der Waals surface area contributed by atoms with Crippen LogP contribution >= 0.6 is 11.6 Å². The predicted molar refractivity (Wildman–Crippen MR) is 69.9 cm³/mol. The summed E-state index contributed by atoms with van der Waals surface area (Å²) in [5.74, 6) is 0.587. The van der Waals surface area contributed by atoms with Crippen molar-refractivity contribution in [3.05, 3.63) is 46.7 Å². The van der Waals surface area contributed by atoms with Crippen LogP contribution in [0.15, 0.2) is 30.3 Å². The van der Waals surface area contributed by atoms with E-state index in [1.54, 1.807) is 0 Å². The van der Waals surface area contributed by atoms with E-state index in [2.05, 4.69) is 11.2 Å². The summed E-state index contributed by atoms with van der Waals surface area (Å²) in [6.07, 6.45) is 2.77. The zero-order valence-corrected chi connectivity index (χ0v) is 10.6. The van der Waals surface area contributed by atoms with Crippen molar-refractivity contribution < 1.29 is 0 Å². The van der Waals surface area contributed by atoms with Crippen molar-refractivity contribution in [2.75, 3.05) is 0 Å². The Bertz CT molecular complexity index is 620. The number of benzene rings is 1. The molecule has 3 rings (SSSR count). The van der Waals surface area contributed by atoms with Crippen molar-refractivity contribution in [1.29, 1.82) is 5.26 Å². The number of hydrogen-bond acceptors (Lipinski definition) is 2. The second-order valence-electron chi connectivity index (χ2n) is 4.56. The highest BCUT2D eigenvalue weighted by atomic mass is 35.5. The Kier molecular flexibility index (Phi) is 2.81. The topological polar surface area (TPSA) is 41.6 Å². The molecule has 90 valence electrons. The van der Waals surface area contributed by atoms with E-state index >= 15 is 0 Å². The van der Waals surface area contributed by atoms with Crippen molar-refractivity contribution in [2.24, 2.45) is 0 Å². The summed E-state index contributed by atoms with van der Waals surface area (Å²) in [5.41, 5.74) is 3.00. The number of rotatable bonds is 3. The molecule has 1 aliphatic carbocycles. The van der Waals surface area contributed by atoms with Crippen molar-refractivity contribution in [3.63, 3.8) is 0 Å². The van der Waals surface area contributed by atoms with Crippen LogP contribution in [0.1, 0.15) is 30.1 Å². The van der Waals surface area contributed by atoms with E-state index in [-0.39, 0.29) is 0 Å². The summed E-state index contributed by atoms with van der Waals surface area (Å²) in [5, 5.41) is 14.0. The minimum absolute atomic E-state index is 0.354. The molecule has 2 aromatic rings. The van der Waals surface area contributed by atoms with Crippen LogP contribution < -0.4 is 0 Å². The molecule has 0 unspecified atom stereocenters. The number of halogens is 1. The standard InChI is InChI=1S/C14H12ClN3/c15-11-2-1-3-13(8-11)18-14(10-4-5-10)9-12(17-18)6-7-16/h1-3,8-10H,4-6H2. The summed E-state index contributed by atoms with van der Waals surface area (Å²) in [6.45, 7) is 0. The zero-order chi connectivity index (χ0) is 12.5. The molecule has 0 spiro atoms. The van der Waals surface area contributed by atoms with Crippen molar-refractivity contribution >= 4 is 11.6 Å². The van der Waals surface area contributed by atoms with Gasteiger partial charge in [0.1, 0.15) is 0 Å². The van der Waals surface area contributed by atoms with Gasteiger partial charge in [-0.1, -0.05) is 17.7 Å². The minimum atomic E-state index is 0.354. The van der Waals surface area contributed by atoms with Gasteiger partial charge in [0, 0.05) is 16.6 Å². The second kappa shape index (κ2) is 4.47. The summed E-state index contributed by atoms with van der Waals surface area (Å²) < 4.78 is 1.93. The summed E-state index contributed by atoms with van der Waals surface area (Å²) in [7, 11) is 0. The van der Waals surface area contributed by atoms with Gasteiger partial charge in [0.05, 0.1) is 23.9 Å². The highest BCUT2D eigenvalue weighted by Gasteiger charge is 2.28. The lowest BCUT2D eigenvalue weighted by atomic mass is 10.2. The molecular weight excluding hydrogens is 246 g/mol. The molecule has 0 aliphatic heterocycles. The zero-order valence-electron chi connectivity index (χ0n) is 9.81. The van der Waals surface area contributed by atoms with Crippen LogP contribution in [0, 0.1) is 11.3 Å². The van der Waals surface area contributed by atoms with E-state index in [0.29, 0.717) is 17.4 Å². The average molecular weight is 258 g/mol. The van der Waals surface area contributed by atoms with Gasteiger partial charge in [-0.2, -0.15) is 10.4 Å². The van der Waals surface area contributed by atoms with E-state index in [9.17, 15) is 0 Å². The summed E-state index contributed by atoms with van der Waals surface area (Å²) in [4.78, 5) is 0. The van der Waals surface area contributed by atoms with Crippen LogP contribution in [0.4, 0.5) is 0 Å². The SMILES string of the molecule is N#CCc1cc(C2CC2)n(-c2cccc(Cl)c2)n1. The van der Waals surface area contributed by atoms with Crippen LogP contribution in [-0.2, 0) is 6.42 Å². The van der Waals surface area contributed by atoms with Crippen LogP contribution in [0.3, 0.4) is 0 Å². The summed E-state index contributed by atoms with van der Waals surface area (Å²) >= 11 is 6.02. The molecule has 0 amide bonds. The van der Waals surface area contributed by atoms with Crippen LogP contribution in [0.2, 0.25) is 5.02 Å². The molecule has 1 aromatic heterocycles. The van der Waals surface area contributed by atoms with E-state index in [0.717, 1.165) is 11.4 Å². The van der Waals surface area contributed by atoms with Crippen LogP contribution in [0.25, 0.3) is 5.69 Å². The Hall–Kier alpha value is -1.79. The first-order valence-corrected chi connectivity index (χ1v) is 6.37. The first kappa shape index (κ1) is 11.3. The molecule has 18 heavy (non-hydrogen) atoms. The first-order valence-electron chi connectivity index (χ1n) is 5.99. The third kappa shape index (κ3) is 2.12. The molecule has 1 saturated carbocycles. The maximum atomic E-state index is 8.77. The highest BCUT2D eigenvalue weighted by Crippen LogP contribution is 2.41. The molecule has 0 saturated heterocycles. The molecule has 0 radical (unpaired) electrons. The van der Waals surface area contributed by atoms with E-state index in [1.807, 2.05) is 35.0 Å². The largest absolute Gasteiger partial charge is 0.237 e. The molecule has 0 bridgehead atoms. The van der Waals surface area contributed by atoms with E-state index in [4.69, 9.17) is 16.9 Å². The van der Waals surface area contributed by atoms with Gasteiger partial charge in [-0.05, 0) is 37.1 Å². The number of nitriles is 1. The Morgan fingerprint density at radius 1 is 1.39 bits per heavy atom. The van der Waals surface area contributed by atoms with Gasteiger partial charge in [0.2, 0.25) is 0 Å². The van der Waals surface area contributed by atoms with E-state index < -0.39 is 0 Å². The highest BCUT2D eigenvalue weighted by molar-refractivity contribution is 6.30. The Labute approximate surface area is 111 Å². The van der Waals surface area contributed by atoms with Gasteiger partial charge in [0.15, 0.2) is 0 Å². The Balaban J connectivity index is 2.07. The molecule has 1 aliphatic rings. The van der Waals surface area contributed by atoms with Crippen LogP contribution in [-0.4, -0.2) is 9.78 Å². The van der Waals surface area contributed by atoms with Crippen LogP contribution in [0.5, 0.6) is 0 Å². The van der Waals surface area contributed by atoms with Gasteiger partial charge in [0.25, 0.3) is 0 Å². The lowest BCUT2D eigenvalue weighted by Crippen LogP contribution is -2.01. The predicted octanol–water partition coefficient (Wildman–Crippen LogP) is 3.47. The minimum Gasteiger partial charge on any atom is -0.237 e. The molecule has 4 heteroatoms. The van der Waals surface area contributed by atoms with E-state index in [1.165, 1.54) is 18.5 Å². The average Bonchev–Trinajstić information content (AvgIpc) is 3.11. The van der Waals surface area contributed by atoms with Gasteiger partial charge in [-0.25, -0.2) is 4.68 Å². The number of hydrogen-bond donors (Lipinski definition) is 0. The fraction of sp³-hybridized carbons (Fsp3) is 0.286. The number of nitrogens with zero attached hydrogens (tertiary/aromatic N) is 3. The molecule has 3 nitrogen and oxygen atoms in total. The molecule has 1 heterocycles. The van der Waals surface area contributed by atoms with Gasteiger partial charge in [-0.15, -0.1) is 0 Å². The fourth-order valence-corrected chi connectivity index (χ4v) is 2.28. The summed E-state index contributed by atoms with van der Waals surface area (Å²) in [6, 6.07) is 11.8. The van der Waals surface area contributed by atoms with Gasteiger partial charge in [-0.3, -0.25) is 0 Å². The smallest absolute Gasteiger partial charge is 0.0793 e. The molecule has 0 N–H and O–H groups in total. The monoisotopic (exact) mass is 257 g/mol. The van der Waals surface area contributed by atoms with Gasteiger partial charge < -0.3 is 0 Å². The second-order valence-corrected chi connectivity index (χ2v) is 5.00. The third-order valence-corrected chi connectivity index (χ3v) is 3.33. The lowest BCUT2D eigenvalue weighted by molar-refractivity contribution is 0.795. The quantitative estimate of drug-likeness (QED) is 0.845. The Morgan fingerprint density at radius 3 is 2.89 bits per heavy atom. The first-order chi connectivity index (χ1) is 8.78. The normalized spacial score (nSPS) is 14.4. The van der Waals surface area contributed by atoms with Crippen molar-refractivity contribution in [3.8, 4) is 11.8 Å². The molecular formula is C14H12ClN3. The Morgan fingerprint density at radius 2 is 2.22 bits per heavy atom. The fourth-order valence-electron chi connectivity index (χ4n) is 2.10. The molecule has 1 fully saturated rings. The molecule has 0 atom stereocenters. The third-order valence-electron chi connectivity index (χ3n) is 3.10. The van der Waals surface area contributed by atoms with Crippen molar-refractivity contribution in [2.45, 2.75) is 25.2 Å².